The van der Waals surface area contributed by atoms with Gasteiger partial charge in [0, 0.05) is 0 Å². The number of unbranched alkanes of at least 4 members (excludes halogenated alkanes) is 10. The van der Waals surface area contributed by atoms with Gasteiger partial charge in [0.05, 0.1) is 0 Å². The Morgan fingerprint density at radius 2 is 1.24 bits per heavy atom. The normalized spacial score (nSPS) is 14.0. The largest absolute Gasteiger partial charge is 0.103 e. The maximum absolute atomic E-state index is 3.88. The average molecular weight is 295 g/mol. The van der Waals surface area contributed by atoms with Gasteiger partial charge in [0.25, 0.3) is 0 Å². The maximum Gasteiger partial charge on any atom is -0.0325 e. The van der Waals surface area contributed by atoms with Crippen LogP contribution >= 0.6 is 0 Å². The van der Waals surface area contributed by atoms with Crippen LogP contribution in [0.15, 0.2) is 12.7 Å². The lowest BCUT2D eigenvalue weighted by Crippen LogP contribution is -2.10. The molecule has 126 valence electrons. The van der Waals surface area contributed by atoms with Crippen LogP contribution in [0.1, 0.15) is 111 Å². The molecule has 0 aliphatic rings. The highest BCUT2D eigenvalue weighted by molar-refractivity contribution is 4.75. The third-order valence-corrected chi connectivity index (χ3v) is 5.05. The van der Waals surface area contributed by atoms with Crippen molar-refractivity contribution >= 4 is 0 Å². The molecule has 0 spiro atoms. The van der Waals surface area contributed by atoms with Gasteiger partial charge < -0.3 is 0 Å². The van der Waals surface area contributed by atoms with E-state index >= 15 is 0 Å². The zero-order valence-electron chi connectivity index (χ0n) is 15.3. The Balaban J connectivity index is 3.32. The van der Waals surface area contributed by atoms with E-state index < -0.39 is 0 Å². The predicted octanol–water partition coefficient (Wildman–Crippen LogP) is 7.93. The molecule has 0 aliphatic carbocycles. The van der Waals surface area contributed by atoms with Crippen LogP contribution in [0.2, 0.25) is 0 Å². The highest BCUT2D eigenvalue weighted by Crippen LogP contribution is 2.25. The van der Waals surface area contributed by atoms with Gasteiger partial charge in [-0.1, -0.05) is 110 Å². The Hall–Kier alpha value is -0.260. The van der Waals surface area contributed by atoms with E-state index in [1.807, 2.05) is 0 Å². The quantitative estimate of drug-likeness (QED) is 0.200. The maximum atomic E-state index is 3.88. The second-order valence-corrected chi connectivity index (χ2v) is 6.99. The summed E-state index contributed by atoms with van der Waals surface area (Å²) < 4.78 is 0. The fourth-order valence-corrected chi connectivity index (χ4v) is 3.42. The van der Waals surface area contributed by atoms with E-state index in [2.05, 4.69) is 33.4 Å². The first-order chi connectivity index (χ1) is 10.3. The molecule has 0 heterocycles. The van der Waals surface area contributed by atoms with Crippen LogP contribution in [0.4, 0.5) is 0 Å². The summed E-state index contributed by atoms with van der Waals surface area (Å²) in [6, 6.07) is 0. The smallest absolute Gasteiger partial charge is 0.0325 e. The topological polar surface area (TPSA) is 0 Å². The van der Waals surface area contributed by atoms with Crippen LogP contribution in [0.3, 0.4) is 0 Å². The number of rotatable bonds is 16. The van der Waals surface area contributed by atoms with Gasteiger partial charge in [-0.15, -0.1) is 6.58 Å². The van der Waals surface area contributed by atoms with Gasteiger partial charge in [0.1, 0.15) is 0 Å². The lowest BCUT2D eigenvalue weighted by atomic mass is 9.85. The Morgan fingerprint density at radius 1 is 0.762 bits per heavy atom. The molecular weight excluding hydrogens is 252 g/mol. The Bertz CT molecular complexity index is 206. The first-order valence-corrected chi connectivity index (χ1v) is 9.87. The monoisotopic (exact) mass is 294 g/mol. The summed E-state index contributed by atoms with van der Waals surface area (Å²) in [7, 11) is 0. The number of hydrogen-bond donors (Lipinski definition) is 0. The van der Waals surface area contributed by atoms with Gasteiger partial charge in [0.2, 0.25) is 0 Å². The van der Waals surface area contributed by atoms with E-state index in [9.17, 15) is 0 Å². The van der Waals surface area contributed by atoms with E-state index in [1.165, 1.54) is 89.9 Å². The summed E-state index contributed by atoms with van der Waals surface area (Å²) >= 11 is 0. The number of hydrogen-bond acceptors (Lipinski definition) is 0. The molecule has 2 unspecified atom stereocenters. The molecule has 0 aliphatic heterocycles. The molecule has 0 N–H and O–H groups in total. The molecule has 0 heteroatoms. The summed E-state index contributed by atoms with van der Waals surface area (Å²) in [4.78, 5) is 0. The second kappa shape index (κ2) is 16.1. The van der Waals surface area contributed by atoms with Crippen LogP contribution in [0.5, 0.6) is 0 Å². The molecule has 0 nitrogen and oxygen atoms in total. The molecule has 0 fully saturated rings. The highest BCUT2D eigenvalue weighted by atomic mass is 14.2. The van der Waals surface area contributed by atoms with Gasteiger partial charge in [0.15, 0.2) is 0 Å². The van der Waals surface area contributed by atoms with Crippen LogP contribution in [0.25, 0.3) is 0 Å². The van der Waals surface area contributed by atoms with E-state index in [-0.39, 0.29) is 0 Å². The van der Waals surface area contributed by atoms with Crippen LogP contribution in [-0.4, -0.2) is 0 Å². The van der Waals surface area contributed by atoms with Gasteiger partial charge >= 0.3 is 0 Å². The highest BCUT2D eigenvalue weighted by Gasteiger charge is 2.13. The van der Waals surface area contributed by atoms with Crippen molar-refractivity contribution < 1.29 is 0 Å². The molecule has 0 radical (unpaired) electrons. The average Bonchev–Trinajstić information content (AvgIpc) is 2.48. The molecule has 2 atom stereocenters. The molecule has 0 aromatic carbocycles. The zero-order valence-corrected chi connectivity index (χ0v) is 15.3. The first-order valence-electron chi connectivity index (χ1n) is 9.87. The van der Waals surface area contributed by atoms with Gasteiger partial charge in [-0.25, -0.2) is 0 Å². The summed E-state index contributed by atoms with van der Waals surface area (Å²) in [6.45, 7) is 10.9. The SMILES string of the molecule is C=CCC(C)C(CC)CCCCCCCCCCCCC. The van der Waals surface area contributed by atoms with Crippen molar-refractivity contribution in [1.29, 1.82) is 0 Å². The Kier molecular flexibility index (Phi) is 15.9. The fourth-order valence-electron chi connectivity index (χ4n) is 3.42. The van der Waals surface area contributed by atoms with Gasteiger partial charge in [-0.2, -0.15) is 0 Å². The molecule has 0 amide bonds. The summed E-state index contributed by atoms with van der Waals surface area (Å²) in [5, 5.41) is 0. The van der Waals surface area contributed by atoms with E-state index in [4.69, 9.17) is 0 Å². The summed E-state index contributed by atoms with van der Waals surface area (Å²) in [6.07, 6.45) is 22.0. The van der Waals surface area contributed by atoms with Crippen molar-refractivity contribution in [2.45, 2.75) is 111 Å². The Morgan fingerprint density at radius 3 is 1.67 bits per heavy atom. The molecule has 0 saturated carbocycles. The zero-order chi connectivity index (χ0) is 15.8. The fraction of sp³-hybridized carbons (Fsp3) is 0.905. The minimum atomic E-state index is 0.829. The molecule has 0 aromatic rings. The molecule has 0 bridgehead atoms. The second-order valence-electron chi connectivity index (χ2n) is 6.99. The molecule has 21 heavy (non-hydrogen) atoms. The van der Waals surface area contributed by atoms with E-state index in [0.717, 1.165) is 11.8 Å². The standard InChI is InChI=1S/C21H42/c1-5-8-9-10-11-12-13-14-15-16-17-19-21(7-3)20(4)18-6-2/h6,20-21H,2,5,7-19H2,1,3-4H3. The van der Waals surface area contributed by atoms with Crippen LogP contribution < -0.4 is 0 Å². The molecule has 0 rings (SSSR count). The minimum absolute atomic E-state index is 0.829. The lowest BCUT2D eigenvalue weighted by Gasteiger charge is -2.21. The van der Waals surface area contributed by atoms with Crippen molar-refractivity contribution in [1.82, 2.24) is 0 Å². The van der Waals surface area contributed by atoms with Crippen molar-refractivity contribution in [2.75, 3.05) is 0 Å². The minimum Gasteiger partial charge on any atom is -0.103 e. The summed E-state index contributed by atoms with van der Waals surface area (Å²) in [5.74, 6) is 1.75. The number of allylic oxidation sites excluding steroid dienone is 1. The van der Waals surface area contributed by atoms with Crippen LogP contribution in [0, 0.1) is 11.8 Å². The van der Waals surface area contributed by atoms with Crippen molar-refractivity contribution in [3.05, 3.63) is 12.7 Å². The van der Waals surface area contributed by atoms with Gasteiger partial charge in [-0.3, -0.25) is 0 Å². The Labute approximate surface area is 135 Å². The van der Waals surface area contributed by atoms with Crippen molar-refractivity contribution in [2.24, 2.45) is 11.8 Å². The van der Waals surface area contributed by atoms with Crippen molar-refractivity contribution in [3.63, 3.8) is 0 Å². The third kappa shape index (κ3) is 13.1. The molecule has 0 saturated heterocycles. The van der Waals surface area contributed by atoms with Gasteiger partial charge in [-0.05, 0) is 18.3 Å². The lowest BCUT2D eigenvalue weighted by molar-refractivity contribution is 0.316. The van der Waals surface area contributed by atoms with Crippen LogP contribution in [-0.2, 0) is 0 Å². The van der Waals surface area contributed by atoms with Crippen molar-refractivity contribution in [3.8, 4) is 0 Å². The van der Waals surface area contributed by atoms with E-state index in [1.54, 1.807) is 0 Å². The molecule has 0 aromatic heterocycles. The molecular formula is C21H42. The predicted molar refractivity (Wildman–Crippen MR) is 98.8 cm³/mol. The van der Waals surface area contributed by atoms with E-state index in [0.29, 0.717) is 0 Å². The third-order valence-electron chi connectivity index (χ3n) is 5.05. The summed E-state index contributed by atoms with van der Waals surface area (Å²) in [5.41, 5.74) is 0. The first kappa shape index (κ1) is 20.7.